The van der Waals surface area contributed by atoms with Gasteiger partial charge in [0.2, 0.25) is 0 Å². The van der Waals surface area contributed by atoms with Gasteiger partial charge in [-0.15, -0.1) is 0 Å². The number of carbonyl (C=O) groups excluding carboxylic acids is 1. The van der Waals surface area contributed by atoms with E-state index < -0.39 is 69.1 Å². The summed E-state index contributed by atoms with van der Waals surface area (Å²) in [5, 5.41) is 0. The Morgan fingerprint density at radius 2 is 3.00 bits per heavy atom. The van der Waals surface area contributed by atoms with Crippen LogP contribution in [0.4, 0.5) is 0 Å². The number of nitrogens with zero attached hydrogens (tertiary/aromatic N) is 2. The molecule has 0 unspecified atom stereocenters. The summed E-state index contributed by atoms with van der Waals surface area (Å²) in [6.07, 6.45) is -6.13. The third-order valence-electron chi connectivity index (χ3n) is 2.00. The van der Waals surface area contributed by atoms with Crippen molar-refractivity contribution in [3.8, 4) is 0 Å². The molecule has 1 aliphatic rings. The lowest BCUT2D eigenvalue weighted by Crippen LogP contribution is -2.18. The van der Waals surface area contributed by atoms with Crippen molar-refractivity contribution in [3.63, 3.8) is 0 Å². The van der Waals surface area contributed by atoms with E-state index in [1.165, 1.54) is 0 Å². The Morgan fingerprint density at radius 3 is 3.80 bits per heavy atom. The molecule has 15 heavy (non-hydrogen) atoms. The predicted molar refractivity (Wildman–Crippen MR) is 55.1 cm³/mol. The smallest absolute Gasteiger partial charge is 0.309 e. The molecular weight excluding hydrogens is 192 g/mol. The number of aromatic nitrogens is 2. The molecule has 0 saturated carbocycles. The van der Waals surface area contributed by atoms with Crippen molar-refractivity contribution < 1.29 is 27.4 Å². The molecule has 0 bridgehead atoms. The Balaban J connectivity index is 2.68. The molecule has 0 aromatic carbocycles. The number of hydrogen-bond acceptors (Lipinski definition) is 3. The molecule has 0 amide bonds. The highest BCUT2D eigenvalue weighted by molar-refractivity contribution is 5.74. The Bertz CT molecular complexity index is 796. The van der Waals surface area contributed by atoms with Gasteiger partial charge in [0.05, 0.1) is 22.9 Å². The molecule has 4 heteroatoms. The zero-order valence-electron chi connectivity index (χ0n) is 20.5. The van der Waals surface area contributed by atoms with Crippen LogP contribution in [0.1, 0.15) is 36.7 Å². The molecular formula is C11H16N2O2. The van der Waals surface area contributed by atoms with Crippen LogP contribution in [0.25, 0.3) is 0 Å². The summed E-state index contributed by atoms with van der Waals surface area (Å²) >= 11 is 0. The SMILES string of the molecule is [2H]c1nc([2H])n(C([2H])([2H])[2H])c1C[C@H]1C([2H])([2H])OC(=O)[C@@]1([2H])C([2H])([2H])C([2H])([2H])[2H]. The fourth-order valence-corrected chi connectivity index (χ4v) is 1.24. The number of hydrogen-bond donors (Lipinski definition) is 0. The molecule has 4 nitrogen and oxygen atoms in total. The second kappa shape index (κ2) is 4.04. The highest BCUT2D eigenvalue weighted by Gasteiger charge is 2.35. The summed E-state index contributed by atoms with van der Waals surface area (Å²) in [6.45, 7) is -9.56. The second-order valence-corrected chi connectivity index (χ2v) is 2.91. The monoisotopic (exact) mass is 221 g/mol. The molecule has 0 aliphatic carbocycles. The van der Waals surface area contributed by atoms with Crippen LogP contribution < -0.4 is 0 Å². The lowest BCUT2D eigenvalue weighted by molar-refractivity contribution is -0.141. The summed E-state index contributed by atoms with van der Waals surface area (Å²) in [7, 11) is 0. The fraction of sp³-hybridized carbons (Fsp3) is 0.636. The van der Waals surface area contributed by atoms with Gasteiger partial charge in [0.15, 0.2) is 0 Å². The molecule has 2 rings (SSSR count). The van der Waals surface area contributed by atoms with Gasteiger partial charge < -0.3 is 9.30 Å². The van der Waals surface area contributed by atoms with Crippen molar-refractivity contribution in [2.45, 2.75) is 19.6 Å². The van der Waals surface area contributed by atoms with Gasteiger partial charge in [-0.25, -0.2) is 4.98 Å². The molecule has 2 atom stereocenters. The highest BCUT2D eigenvalue weighted by Crippen LogP contribution is 2.27. The van der Waals surface area contributed by atoms with Crippen LogP contribution >= 0.6 is 0 Å². The lowest BCUT2D eigenvalue weighted by Gasteiger charge is -2.12. The van der Waals surface area contributed by atoms with Gasteiger partial charge in [-0.3, -0.25) is 4.79 Å². The highest BCUT2D eigenvalue weighted by atomic mass is 16.5. The van der Waals surface area contributed by atoms with Crippen molar-refractivity contribution in [1.29, 1.82) is 0 Å². The van der Waals surface area contributed by atoms with Crippen LogP contribution in [0.3, 0.4) is 0 Å². The first-order chi connectivity index (χ1) is 12.3. The average molecular weight is 221 g/mol. The first-order valence-corrected chi connectivity index (χ1v) is 4.07. The van der Waals surface area contributed by atoms with Crippen molar-refractivity contribution >= 4 is 5.97 Å². The Kier molecular flexibility index (Phi) is 0.774. The van der Waals surface area contributed by atoms with Crippen LogP contribution in [0, 0.1) is 11.8 Å². The van der Waals surface area contributed by atoms with Gasteiger partial charge in [-0.05, 0) is 12.8 Å². The molecule has 2 heterocycles. The molecule has 1 aromatic rings. The minimum Gasteiger partial charge on any atom is -0.465 e. The van der Waals surface area contributed by atoms with Gasteiger partial charge in [0.25, 0.3) is 0 Å². The van der Waals surface area contributed by atoms with E-state index in [4.69, 9.17) is 17.8 Å². The predicted octanol–water partition coefficient (Wildman–Crippen LogP) is 1.16. The maximum Gasteiger partial charge on any atom is 0.309 e. The number of esters is 1. The van der Waals surface area contributed by atoms with E-state index in [2.05, 4.69) is 9.72 Å². The Hall–Kier alpha value is -1.32. The van der Waals surface area contributed by atoms with Gasteiger partial charge in [-0.2, -0.15) is 0 Å². The van der Waals surface area contributed by atoms with E-state index >= 15 is 0 Å². The molecule has 0 radical (unpaired) electrons. The number of cyclic esters (lactones) is 1. The first kappa shape index (κ1) is 2.87. The fourth-order valence-electron chi connectivity index (χ4n) is 1.24. The minimum absolute atomic E-state index is 0.305. The standard InChI is InChI=1S/C11H16N2O2/c1-3-10-8(6-15-11(10)14)4-9-5-12-7-13(9)2/h5,7-8,10H,3-4,6H2,1-2H3/t8-,10-/m0/s1/i1D3,2D3,3D2,5D,6D2,7D,10D. The molecule has 1 fully saturated rings. The van der Waals surface area contributed by atoms with E-state index in [1.54, 1.807) is 0 Å². The van der Waals surface area contributed by atoms with E-state index in [9.17, 15) is 4.79 Å². The zero-order chi connectivity index (χ0) is 22.1. The average Bonchev–Trinajstić information content (AvgIpc) is 2.83. The summed E-state index contributed by atoms with van der Waals surface area (Å²) in [5.41, 5.74) is -0.574. The van der Waals surface area contributed by atoms with Crippen molar-refractivity contribution in [3.05, 3.63) is 18.2 Å². The minimum atomic E-state index is -3.57. The van der Waals surface area contributed by atoms with Crippen LogP contribution in [0.2, 0.25) is 0 Å². The van der Waals surface area contributed by atoms with Gasteiger partial charge in [-0.1, -0.05) is 6.85 Å². The molecule has 1 saturated heterocycles. The Labute approximate surface area is 108 Å². The van der Waals surface area contributed by atoms with E-state index in [0.29, 0.717) is 4.57 Å². The number of rotatable bonds is 3. The van der Waals surface area contributed by atoms with Crippen LogP contribution in [-0.2, 0) is 22.9 Å². The molecule has 1 aliphatic heterocycles. The lowest BCUT2D eigenvalue weighted by atomic mass is 9.89. The topological polar surface area (TPSA) is 44.1 Å². The van der Waals surface area contributed by atoms with E-state index in [1.807, 2.05) is 0 Å². The second-order valence-electron chi connectivity index (χ2n) is 2.91. The number of imidazole rings is 1. The van der Waals surface area contributed by atoms with Crippen LogP contribution in [-0.4, -0.2) is 22.1 Å². The van der Waals surface area contributed by atoms with Crippen molar-refractivity contribution in [2.24, 2.45) is 18.8 Å². The Morgan fingerprint density at radius 1 is 2.07 bits per heavy atom. The number of ether oxygens (including phenoxy) is 1. The van der Waals surface area contributed by atoms with E-state index in [0.717, 1.165) is 0 Å². The summed E-state index contributed by atoms with van der Waals surface area (Å²) < 4.78 is 104. The molecule has 0 spiro atoms. The summed E-state index contributed by atoms with van der Waals surface area (Å²) in [4.78, 5) is 15.6. The third kappa shape index (κ3) is 1.89. The summed E-state index contributed by atoms with van der Waals surface area (Å²) in [6, 6.07) is 0. The summed E-state index contributed by atoms with van der Waals surface area (Å²) in [5.74, 6) is -7.18. The maximum absolute atomic E-state index is 12.2. The van der Waals surface area contributed by atoms with Crippen molar-refractivity contribution in [1.82, 2.24) is 9.55 Å². The molecule has 82 valence electrons. The van der Waals surface area contributed by atoms with Gasteiger partial charge in [0, 0.05) is 37.1 Å². The third-order valence-corrected chi connectivity index (χ3v) is 2.00. The zero-order valence-corrected chi connectivity index (χ0v) is 7.50. The normalized spacial score (nSPS) is 49.2. The van der Waals surface area contributed by atoms with Crippen molar-refractivity contribution in [2.75, 3.05) is 6.56 Å². The molecule has 1 aromatic heterocycles. The van der Waals surface area contributed by atoms with Gasteiger partial charge >= 0.3 is 5.97 Å². The quantitative estimate of drug-likeness (QED) is 0.719. The van der Waals surface area contributed by atoms with Crippen LogP contribution in [0.5, 0.6) is 0 Å². The maximum atomic E-state index is 12.2. The largest absolute Gasteiger partial charge is 0.465 e. The first-order valence-electron chi connectivity index (χ1n) is 10.6. The molecule has 0 N–H and O–H groups in total. The van der Waals surface area contributed by atoms with E-state index in [-0.39, 0.29) is 0 Å². The van der Waals surface area contributed by atoms with Gasteiger partial charge in [0.1, 0.15) is 1.37 Å². The van der Waals surface area contributed by atoms with Crippen LogP contribution in [0.15, 0.2) is 12.5 Å². The number of carbonyl (C=O) groups is 1.